The summed E-state index contributed by atoms with van der Waals surface area (Å²) in [6.07, 6.45) is -0.293. The highest BCUT2D eigenvalue weighted by molar-refractivity contribution is 6.13. The Morgan fingerprint density at radius 2 is 1.11 bits per heavy atom. The minimum absolute atomic E-state index is 0.293. The fraction of sp³-hybridized carbons (Fsp3) is 0.0233. The maximum atomic E-state index is 6.44. The van der Waals surface area contributed by atoms with Gasteiger partial charge in [-0.15, -0.1) is 0 Å². The second-order valence-corrected chi connectivity index (χ2v) is 12.2. The summed E-state index contributed by atoms with van der Waals surface area (Å²) in [6.45, 7) is 0. The number of benzene rings is 7. The first-order chi connectivity index (χ1) is 23.3. The van der Waals surface area contributed by atoms with Crippen LogP contribution >= 0.6 is 0 Å². The van der Waals surface area contributed by atoms with Crippen molar-refractivity contribution in [1.29, 1.82) is 0 Å². The summed E-state index contributed by atoms with van der Waals surface area (Å²) in [5.41, 5.74) is 12.1. The van der Waals surface area contributed by atoms with E-state index >= 15 is 0 Å². The van der Waals surface area contributed by atoms with Crippen LogP contribution in [0.3, 0.4) is 0 Å². The third kappa shape index (κ3) is 4.08. The van der Waals surface area contributed by atoms with Crippen LogP contribution in [0.15, 0.2) is 162 Å². The molecule has 0 bridgehead atoms. The molecule has 1 unspecified atom stereocenters. The zero-order valence-corrected chi connectivity index (χ0v) is 25.4. The van der Waals surface area contributed by atoms with Crippen molar-refractivity contribution >= 4 is 49.4 Å². The highest BCUT2D eigenvalue weighted by Crippen LogP contribution is 2.46. The van der Waals surface area contributed by atoms with Gasteiger partial charge in [-0.1, -0.05) is 103 Å². The van der Waals surface area contributed by atoms with E-state index in [1.54, 1.807) is 0 Å². The number of hydrogen-bond donors (Lipinski definition) is 1. The maximum Gasteiger partial charge on any atom is 0.196 e. The van der Waals surface area contributed by atoms with Crippen molar-refractivity contribution in [2.75, 3.05) is 5.32 Å². The summed E-state index contributed by atoms with van der Waals surface area (Å²) in [4.78, 5) is 0. The lowest BCUT2D eigenvalue weighted by Gasteiger charge is -2.14. The third-order valence-corrected chi connectivity index (χ3v) is 9.46. The monoisotopic (exact) mass is 604 g/mol. The first-order valence-corrected chi connectivity index (χ1v) is 16.0. The molecule has 2 aromatic heterocycles. The van der Waals surface area contributed by atoms with Gasteiger partial charge in [-0.25, -0.2) is 0 Å². The van der Waals surface area contributed by atoms with E-state index in [0.29, 0.717) is 0 Å². The number of fused-ring (bicyclic) bond motifs is 8. The number of para-hydroxylation sites is 1. The van der Waals surface area contributed by atoms with Crippen LogP contribution in [-0.2, 0) is 0 Å². The molecule has 4 nitrogen and oxygen atoms in total. The number of aromatic nitrogens is 1. The van der Waals surface area contributed by atoms with Gasteiger partial charge >= 0.3 is 0 Å². The summed E-state index contributed by atoms with van der Waals surface area (Å²) in [6, 6.07) is 55.7. The van der Waals surface area contributed by atoms with Crippen molar-refractivity contribution < 1.29 is 9.15 Å². The SMILES string of the molecule is c1ccc(-c2ccc3c(c2)c2cc(-c4ccccc4)ccc2n3-c2ccc(C3Nc4c(ccc5oc6ccccc6c45)O3)cc2)cc1. The van der Waals surface area contributed by atoms with Gasteiger partial charge < -0.3 is 19.0 Å². The van der Waals surface area contributed by atoms with Gasteiger partial charge in [-0.2, -0.15) is 0 Å². The number of ether oxygens (including phenoxy) is 1. The van der Waals surface area contributed by atoms with Crippen LogP contribution < -0.4 is 10.1 Å². The van der Waals surface area contributed by atoms with Crippen molar-refractivity contribution in [3.63, 3.8) is 0 Å². The summed E-state index contributed by atoms with van der Waals surface area (Å²) in [7, 11) is 0. The van der Waals surface area contributed by atoms with E-state index < -0.39 is 0 Å². The summed E-state index contributed by atoms with van der Waals surface area (Å²) < 4.78 is 14.9. The Morgan fingerprint density at radius 1 is 0.489 bits per heavy atom. The van der Waals surface area contributed by atoms with Crippen LogP contribution in [-0.4, -0.2) is 4.57 Å². The lowest BCUT2D eigenvalue weighted by molar-refractivity contribution is 0.260. The van der Waals surface area contributed by atoms with Gasteiger partial charge in [0.25, 0.3) is 0 Å². The van der Waals surface area contributed by atoms with Crippen LogP contribution in [0.25, 0.3) is 71.7 Å². The molecule has 1 N–H and O–H groups in total. The van der Waals surface area contributed by atoms with E-state index in [-0.39, 0.29) is 6.23 Å². The predicted octanol–water partition coefficient (Wildman–Crippen LogP) is 11.5. The van der Waals surface area contributed by atoms with E-state index in [2.05, 4.69) is 137 Å². The van der Waals surface area contributed by atoms with Crippen molar-refractivity contribution in [2.24, 2.45) is 0 Å². The number of anilines is 1. The van der Waals surface area contributed by atoms with Crippen molar-refractivity contribution in [3.05, 3.63) is 163 Å². The normalized spacial score (nSPS) is 14.1. The molecule has 47 heavy (non-hydrogen) atoms. The third-order valence-electron chi connectivity index (χ3n) is 9.46. The first kappa shape index (κ1) is 26.0. The van der Waals surface area contributed by atoms with E-state index in [1.807, 2.05) is 30.3 Å². The molecule has 0 amide bonds. The Bertz CT molecular complexity index is 2520. The number of hydrogen-bond acceptors (Lipinski definition) is 3. The molecule has 7 aromatic carbocycles. The highest BCUT2D eigenvalue weighted by Gasteiger charge is 2.27. The molecule has 1 aliphatic heterocycles. The second kappa shape index (κ2) is 10.1. The molecule has 0 saturated carbocycles. The largest absolute Gasteiger partial charge is 0.464 e. The Hall–Kier alpha value is -6.26. The molecule has 0 fully saturated rings. The number of nitrogens with zero attached hydrogens (tertiary/aromatic N) is 1. The molecule has 0 saturated heterocycles. The fourth-order valence-corrected chi connectivity index (χ4v) is 7.20. The first-order valence-electron chi connectivity index (χ1n) is 16.0. The molecule has 4 heteroatoms. The maximum absolute atomic E-state index is 6.44. The second-order valence-electron chi connectivity index (χ2n) is 12.2. The summed E-state index contributed by atoms with van der Waals surface area (Å²) >= 11 is 0. The molecule has 1 atom stereocenters. The fourth-order valence-electron chi connectivity index (χ4n) is 7.20. The van der Waals surface area contributed by atoms with Crippen molar-refractivity contribution in [1.82, 2.24) is 4.57 Å². The lowest BCUT2D eigenvalue weighted by atomic mass is 10.0. The van der Waals surface area contributed by atoms with E-state index in [4.69, 9.17) is 9.15 Å². The quantitative estimate of drug-likeness (QED) is 0.217. The van der Waals surface area contributed by atoms with Gasteiger partial charge in [0.2, 0.25) is 0 Å². The number of furan rings is 1. The Morgan fingerprint density at radius 3 is 1.77 bits per heavy atom. The minimum Gasteiger partial charge on any atom is -0.464 e. The van der Waals surface area contributed by atoms with Crippen LogP contribution in [0.1, 0.15) is 11.8 Å². The van der Waals surface area contributed by atoms with E-state index in [9.17, 15) is 0 Å². The zero-order valence-electron chi connectivity index (χ0n) is 25.4. The Balaban J connectivity index is 1.07. The molecule has 9 aromatic rings. The van der Waals surface area contributed by atoms with Gasteiger partial charge in [0.05, 0.1) is 22.1 Å². The van der Waals surface area contributed by atoms with Crippen LogP contribution in [0.2, 0.25) is 0 Å². The molecule has 222 valence electrons. The molecule has 10 rings (SSSR count). The molecule has 3 heterocycles. The van der Waals surface area contributed by atoms with Gasteiger partial charge in [-0.05, 0) is 76.9 Å². The summed E-state index contributed by atoms with van der Waals surface area (Å²) in [5.74, 6) is 0.837. The van der Waals surface area contributed by atoms with Crippen molar-refractivity contribution in [2.45, 2.75) is 6.23 Å². The Kier molecular flexibility index (Phi) is 5.60. The van der Waals surface area contributed by atoms with E-state index in [1.165, 1.54) is 44.1 Å². The lowest BCUT2D eigenvalue weighted by Crippen LogP contribution is -2.10. The average Bonchev–Trinajstić information content (AvgIpc) is 3.83. The van der Waals surface area contributed by atoms with Crippen LogP contribution in [0, 0.1) is 0 Å². The van der Waals surface area contributed by atoms with Gasteiger partial charge in [0.1, 0.15) is 16.9 Å². The highest BCUT2D eigenvalue weighted by atomic mass is 16.5. The standard InChI is InChI=1S/C43H28N2O2/c1-3-9-27(10-4-1)30-17-21-36-34(25-30)35-26-31(28-11-5-2-6-12-28)18-22-37(35)45(36)32-19-15-29(16-20-32)43-44-42-40(47-43)24-23-39-41(42)33-13-7-8-14-38(33)46-39/h1-26,43-44H. The molecule has 0 aliphatic carbocycles. The van der Waals surface area contributed by atoms with Gasteiger partial charge in [-0.3, -0.25) is 0 Å². The number of nitrogens with one attached hydrogen (secondary N) is 1. The molecule has 1 aliphatic rings. The van der Waals surface area contributed by atoms with Crippen molar-refractivity contribution in [3.8, 4) is 33.7 Å². The zero-order chi connectivity index (χ0) is 30.9. The van der Waals surface area contributed by atoms with Crippen LogP contribution in [0.4, 0.5) is 5.69 Å². The average molecular weight is 605 g/mol. The predicted molar refractivity (Wildman–Crippen MR) is 192 cm³/mol. The van der Waals surface area contributed by atoms with Crippen LogP contribution in [0.5, 0.6) is 5.75 Å². The topological polar surface area (TPSA) is 39.3 Å². The Labute approximate surface area is 271 Å². The number of rotatable bonds is 4. The van der Waals surface area contributed by atoms with E-state index in [0.717, 1.165) is 44.6 Å². The summed E-state index contributed by atoms with van der Waals surface area (Å²) in [5, 5.41) is 8.25. The molecule has 0 radical (unpaired) electrons. The molecule has 0 spiro atoms. The smallest absolute Gasteiger partial charge is 0.196 e. The van der Waals surface area contributed by atoms with Gasteiger partial charge in [0, 0.05) is 27.4 Å². The minimum atomic E-state index is -0.293. The molecular weight excluding hydrogens is 576 g/mol. The van der Waals surface area contributed by atoms with Gasteiger partial charge in [0.15, 0.2) is 6.23 Å². The molecular formula is C43H28N2O2.